The monoisotopic (exact) mass is 400 g/mol. The molecule has 4 rings (SSSR count). The largest absolute Gasteiger partial charge is 0.312 e. The fourth-order valence-electron chi connectivity index (χ4n) is 3.10. The van der Waals surface area contributed by atoms with Gasteiger partial charge in [0.1, 0.15) is 0 Å². The Labute approximate surface area is 165 Å². The van der Waals surface area contributed by atoms with E-state index in [1.165, 1.54) is 4.88 Å². The molecule has 0 unspecified atom stereocenters. The predicted octanol–water partition coefficient (Wildman–Crippen LogP) is 4.48. The number of benzene rings is 1. The molecule has 1 aliphatic rings. The average molecular weight is 401 g/mol. The molecular formula is C19H17ClN4O2S. The maximum absolute atomic E-state index is 12.8. The number of amides is 2. The van der Waals surface area contributed by atoms with Crippen molar-refractivity contribution in [2.24, 2.45) is 0 Å². The van der Waals surface area contributed by atoms with Gasteiger partial charge in [-0.15, -0.1) is 11.3 Å². The van der Waals surface area contributed by atoms with Gasteiger partial charge in [-0.25, -0.2) is 0 Å². The van der Waals surface area contributed by atoms with Crippen molar-refractivity contribution < 1.29 is 9.59 Å². The van der Waals surface area contributed by atoms with Crippen LogP contribution in [-0.2, 0) is 4.79 Å². The number of nitrogens with zero attached hydrogens (tertiary/aromatic N) is 2. The van der Waals surface area contributed by atoms with Crippen LogP contribution in [0.1, 0.15) is 28.1 Å². The van der Waals surface area contributed by atoms with Crippen LogP contribution in [0.4, 0.5) is 11.5 Å². The Balaban J connectivity index is 1.59. The maximum Gasteiger partial charge on any atom is 0.258 e. The minimum atomic E-state index is -0.332. The van der Waals surface area contributed by atoms with Crippen LogP contribution in [0.2, 0.25) is 5.02 Å². The number of halogens is 1. The first kappa shape index (κ1) is 17.8. The Morgan fingerprint density at radius 2 is 2.15 bits per heavy atom. The summed E-state index contributed by atoms with van der Waals surface area (Å²) in [6.45, 7) is 2.62. The van der Waals surface area contributed by atoms with Gasteiger partial charge in [0.15, 0.2) is 5.82 Å². The van der Waals surface area contributed by atoms with Crippen molar-refractivity contribution in [3.8, 4) is 10.6 Å². The van der Waals surface area contributed by atoms with Gasteiger partial charge in [-0.1, -0.05) is 11.6 Å². The van der Waals surface area contributed by atoms with Crippen molar-refractivity contribution in [1.29, 1.82) is 0 Å². The topological polar surface area (TPSA) is 78.1 Å². The Morgan fingerprint density at radius 3 is 2.85 bits per heavy atom. The Kier molecular flexibility index (Phi) is 4.72. The minimum Gasteiger partial charge on any atom is -0.312 e. The van der Waals surface area contributed by atoms with E-state index in [4.69, 9.17) is 11.6 Å². The van der Waals surface area contributed by atoms with Crippen LogP contribution in [0.25, 0.3) is 10.6 Å². The van der Waals surface area contributed by atoms with Crippen LogP contribution >= 0.6 is 22.9 Å². The van der Waals surface area contributed by atoms with E-state index in [1.54, 1.807) is 40.5 Å². The van der Waals surface area contributed by atoms with Gasteiger partial charge < -0.3 is 10.2 Å². The lowest BCUT2D eigenvalue weighted by Gasteiger charge is -2.19. The van der Waals surface area contributed by atoms with Gasteiger partial charge in [-0.3, -0.25) is 14.7 Å². The standard InChI is InChI=1S/C19H17ClN4O2S/c1-11-4-7-16(27-11)14-10-17(23-22-14)21-19(26)13-6-5-12(20)9-15(13)24-8-2-3-18(24)25/h4-7,9-10H,2-3,8H2,1H3,(H2,21,22,23,26). The molecule has 0 saturated carbocycles. The quantitative estimate of drug-likeness (QED) is 0.677. The molecule has 27 heavy (non-hydrogen) atoms. The van der Waals surface area contributed by atoms with Crippen LogP contribution in [0.3, 0.4) is 0 Å². The molecule has 6 nitrogen and oxygen atoms in total. The second-order valence-electron chi connectivity index (χ2n) is 6.34. The maximum atomic E-state index is 12.8. The van der Waals surface area contributed by atoms with E-state index in [2.05, 4.69) is 15.5 Å². The van der Waals surface area contributed by atoms with E-state index >= 15 is 0 Å². The minimum absolute atomic E-state index is 0.00133. The summed E-state index contributed by atoms with van der Waals surface area (Å²) in [4.78, 5) is 28.8. The number of nitrogens with one attached hydrogen (secondary N) is 2. The molecule has 1 saturated heterocycles. The zero-order valence-electron chi connectivity index (χ0n) is 14.6. The van der Waals surface area contributed by atoms with Gasteiger partial charge in [0.25, 0.3) is 5.91 Å². The van der Waals surface area contributed by atoms with Crippen LogP contribution in [0.15, 0.2) is 36.4 Å². The fourth-order valence-corrected chi connectivity index (χ4v) is 4.10. The van der Waals surface area contributed by atoms with Crippen molar-refractivity contribution >= 4 is 46.3 Å². The molecule has 2 amide bonds. The molecule has 1 fully saturated rings. The second-order valence-corrected chi connectivity index (χ2v) is 8.07. The predicted molar refractivity (Wildman–Crippen MR) is 108 cm³/mol. The number of hydrogen-bond donors (Lipinski definition) is 2. The van der Waals surface area contributed by atoms with Gasteiger partial charge in [0.2, 0.25) is 5.91 Å². The SMILES string of the molecule is Cc1ccc(-c2cc(NC(=O)c3ccc(Cl)cc3N3CCCC3=O)n[nH]2)s1. The van der Waals surface area contributed by atoms with E-state index in [0.717, 1.165) is 17.0 Å². The Bertz CT molecular complexity index is 1030. The summed E-state index contributed by atoms with van der Waals surface area (Å²) < 4.78 is 0. The van der Waals surface area contributed by atoms with Crippen LogP contribution < -0.4 is 10.2 Å². The highest BCUT2D eigenvalue weighted by Gasteiger charge is 2.26. The van der Waals surface area contributed by atoms with E-state index in [0.29, 0.717) is 35.1 Å². The summed E-state index contributed by atoms with van der Waals surface area (Å²) in [5.41, 5.74) is 1.77. The van der Waals surface area contributed by atoms with Crippen molar-refractivity contribution in [1.82, 2.24) is 10.2 Å². The molecule has 1 aromatic carbocycles. The average Bonchev–Trinajstić information content (AvgIpc) is 3.36. The van der Waals surface area contributed by atoms with Crippen molar-refractivity contribution in [2.75, 3.05) is 16.8 Å². The van der Waals surface area contributed by atoms with Crippen molar-refractivity contribution in [3.05, 3.63) is 51.9 Å². The van der Waals surface area contributed by atoms with Crippen molar-refractivity contribution in [3.63, 3.8) is 0 Å². The molecule has 0 aliphatic carbocycles. The van der Waals surface area contributed by atoms with Crippen LogP contribution in [0, 0.1) is 6.92 Å². The molecule has 0 atom stereocenters. The summed E-state index contributed by atoms with van der Waals surface area (Å²) >= 11 is 7.74. The zero-order valence-corrected chi connectivity index (χ0v) is 16.2. The highest BCUT2D eigenvalue weighted by atomic mass is 35.5. The molecule has 0 bridgehead atoms. The number of aromatic nitrogens is 2. The third-order valence-corrected chi connectivity index (χ3v) is 5.66. The summed E-state index contributed by atoms with van der Waals surface area (Å²) in [5.74, 6) is 0.0953. The van der Waals surface area contributed by atoms with E-state index in [9.17, 15) is 9.59 Å². The summed E-state index contributed by atoms with van der Waals surface area (Å²) in [5, 5.41) is 10.4. The normalized spacial score (nSPS) is 14.0. The number of aryl methyl sites for hydroxylation is 1. The lowest BCUT2D eigenvalue weighted by atomic mass is 10.1. The summed E-state index contributed by atoms with van der Waals surface area (Å²) in [6.07, 6.45) is 1.26. The van der Waals surface area contributed by atoms with E-state index in [1.807, 2.05) is 19.1 Å². The van der Waals surface area contributed by atoms with E-state index in [-0.39, 0.29) is 11.8 Å². The number of aromatic amines is 1. The Morgan fingerprint density at radius 1 is 1.30 bits per heavy atom. The molecule has 2 N–H and O–H groups in total. The summed E-state index contributed by atoms with van der Waals surface area (Å²) in [6, 6.07) is 10.8. The van der Waals surface area contributed by atoms with Crippen molar-refractivity contribution in [2.45, 2.75) is 19.8 Å². The molecule has 0 spiro atoms. The fraction of sp³-hybridized carbons (Fsp3) is 0.211. The highest BCUT2D eigenvalue weighted by Crippen LogP contribution is 2.30. The number of H-pyrrole nitrogens is 1. The van der Waals surface area contributed by atoms with Gasteiger partial charge >= 0.3 is 0 Å². The third kappa shape index (κ3) is 3.61. The van der Waals surface area contributed by atoms with Gasteiger partial charge in [-0.05, 0) is 43.7 Å². The number of anilines is 2. The van der Waals surface area contributed by atoms with Crippen LogP contribution in [0.5, 0.6) is 0 Å². The first-order valence-corrected chi connectivity index (χ1v) is 9.74. The molecule has 138 valence electrons. The number of carbonyl (C=O) groups excluding carboxylic acids is 2. The second kappa shape index (κ2) is 7.17. The molecular weight excluding hydrogens is 384 g/mol. The van der Waals surface area contributed by atoms with Gasteiger partial charge in [0, 0.05) is 28.9 Å². The first-order chi connectivity index (χ1) is 13.0. The molecule has 2 aromatic heterocycles. The first-order valence-electron chi connectivity index (χ1n) is 8.55. The highest BCUT2D eigenvalue weighted by molar-refractivity contribution is 7.15. The Hall–Kier alpha value is -2.64. The molecule has 3 aromatic rings. The number of carbonyl (C=O) groups is 2. The number of rotatable bonds is 4. The molecule has 3 heterocycles. The van der Waals surface area contributed by atoms with Gasteiger partial charge in [-0.2, -0.15) is 5.10 Å². The third-order valence-electron chi connectivity index (χ3n) is 4.39. The van der Waals surface area contributed by atoms with E-state index < -0.39 is 0 Å². The number of hydrogen-bond acceptors (Lipinski definition) is 4. The molecule has 1 aliphatic heterocycles. The lowest BCUT2D eigenvalue weighted by molar-refractivity contribution is -0.117. The zero-order chi connectivity index (χ0) is 19.0. The van der Waals surface area contributed by atoms with Crippen LogP contribution in [-0.4, -0.2) is 28.6 Å². The van der Waals surface area contributed by atoms with Gasteiger partial charge in [0.05, 0.1) is 21.8 Å². The number of thiophene rings is 1. The lowest BCUT2D eigenvalue weighted by Crippen LogP contribution is -2.27. The molecule has 8 heteroatoms. The molecule has 0 radical (unpaired) electrons. The smallest absolute Gasteiger partial charge is 0.258 e. The summed E-state index contributed by atoms with van der Waals surface area (Å²) in [7, 11) is 0.